The summed E-state index contributed by atoms with van der Waals surface area (Å²) in [6.07, 6.45) is 5.14. The van der Waals surface area contributed by atoms with Crippen LogP contribution in [0, 0.1) is 6.92 Å². The molecule has 7 nitrogen and oxygen atoms in total. The number of aryl methyl sites for hydroxylation is 1. The van der Waals surface area contributed by atoms with Crippen LogP contribution in [-0.4, -0.2) is 25.5 Å². The van der Waals surface area contributed by atoms with Crippen LogP contribution in [0.2, 0.25) is 0 Å². The van der Waals surface area contributed by atoms with E-state index in [1.54, 1.807) is 56.5 Å². The summed E-state index contributed by atoms with van der Waals surface area (Å²) in [5.41, 5.74) is 2.14. The maximum absolute atomic E-state index is 13.1. The van der Waals surface area contributed by atoms with Crippen molar-refractivity contribution in [2.75, 3.05) is 13.7 Å². The van der Waals surface area contributed by atoms with Gasteiger partial charge in [-0.25, -0.2) is 4.79 Å². The molecule has 0 amide bonds. The van der Waals surface area contributed by atoms with Crippen LogP contribution in [0.15, 0.2) is 83.0 Å². The molecule has 0 spiro atoms. The van der Waals surface area contributed by atoms with E-state index in [-0.39, 0.29) is 17.3 Å². The van der Waals surface area contributed by atoms with Crippen molar-refractivity contribution in [3.63, 3.8) is 0 Å². The fourth-order valence-electron chi connectivity index (χ4n) is 4.16. The van der Waals surface area contributed by atoms with Crippen molar-refractivity contribution in [3.8, 4) is 23.0 Å². The minimum atomic E-state index is -0.579. The van der Waals surface area contributed by atoms with E-state index in [4.69, 9.17) is 23.4 Å². The van der Waals surface area contributed by atoms with Gasteiger partial charge in [-0.15, -0.1) is 0 Å². The van der Waals surface area contributed by atoms with Gasteiger partial charge in [0.2, 0.25) is 5.78 Å². The molecule has 0 atom stereocenters. The van der Waals surface area contributed by atoms with Crippen LogP contribution in [0.1, 0.15) is 39.0 Å². The summed E-state index contributed by atoms with van der Waals surface area (Å²) in [5, 5.41) is 0.605. The molecule has 3 aromatic carbocycles. The zero-order chi connectivity index (χ0) is 25.9. The molecule has 0 saturated heterocycles. The lowest BCUT2D eigenvalue weighted by molar-refractivity contribution is 0.0734. The first kappa shape index (κ1) is 23.9. The first-order chi connectivity index (χ1) is 18.0. The van der Waals surface area contributed by atoms with Gasteiger partial charge in [-0.2, -0.15) is 0 Å². The molecule has 37 heavy (non-hydrogen) atoms. The molecule has 186 valence electrons. The number of carbonyl (C=O) groups excluding carboxylic acids is 2. The average Bonchev–Trinajstić information content (AvgIpc) is 3.39. The van der Waals surface area contributed by atoms with Gasteiger partial charge in [0, 0.05) is 17.0 Å². The van der Waals surface area contributed by atoms with Crippen molar-refractivity contribution in [2.45, 2.75) is 13.8 Å². The Morgan fingerprint density at radius 1 is 1.03 bits per heavy atom. The van der Waals surface area contributed by atoms with Gasteiger partial charge in [-0.05, 0) is 56.3 Å². The highest BCUT2D eigenvalue weighted by Crippen LogP contribution is 2.35. The van der Waals surface area contributed by atoms with Crippen molar-refractivity contribution in [3.05, 3.63) is 101 Å². The number of Topliss-reactive ketones (excluding diaryl/α,β-unsaturated/α-hetero) is 1. The molecular formula is C30H24O7. The molecule has 0 radical (unpaired) electrons. The van der Waals surface area contributed by atoms with Gasteiger partial charge in [-0.3, -0.25) is 4.79 Å². The number of allylic oxidation sites excluding steroid dienone is 3. The summed E-state index contributed by atoms with van der Waals surface area (Å²) in [7, 11) is 1.60. The largest absolute Gasteiger partial charge is 0.496 e. The maximum atomic E-state index is 13.1. The van der Waals surface area contributed by atoms with Crippen LogP contribution in [0.25, 0.3) is 17.0 Å². The van der Waals surface area contributed by atoms with E-state index in [9.17, 15) is 9.59 Å². The van der Waals surface area contributed by atoms with Gasteiger partial charge in [0.05, 0.1) is 19.3 Å². The summed E-state index contributed by atoms with van der Waals surface area (Å²) in [5.74, 6) is 1.70. The Labute approximate surface area is 213 Å². The van der Waals surface area contributed by atoms with Crippen molar-refractivity contribution < 1.29 is 33.0 Å². The number of benzene rings is 3. The molecule has 7 heteroatoms. The molecular weight excluding hydrogens is 472 g/mol. The predicted molar refractivity (Wildman–Crippen MR) is 139 cm³/mol. The maximum Gasteiger partial charge on any atom is 0.347 e. The lowest BCUT2D eigenvalue weighted by Crippen LogP contribution is -2.09. The second-order valence-electron chi connectivity index (χ2n) is 8.23. The molecule has 1 aromatic heterocycles. The smallest absolute Gasteiger partial charge is 0.347 e. The minimum Gasteiger partial charge on any atom is -0.496 e. The summed E-state index contributed by atoms with van der Waals surface area (Å²) < 4.78 is 28.0. The van der Waals surface area contributed by atoms with Crippen LogP contribution in [0.3, 0.4) is 0 Å². The van der Waals surface area contributed by atoms with Gasteiger partial charge in [0.1, 0.15) is 39.9 Å². The number of carbonyl (C=O) groups is 2. The first-order valence-electron chi connectivity index (χ1n) is 11.7. The summed E-state index contributed by atoms with van der Waals surface area (Å²) in [6.45, 7) is 4.09. The fourth-order valence-corrected chi connectivity index (χ4v) is 4.16. The summed E-state index contributed by atoms with van der Waals surface area (Å²) in [4.78, 5) is 25.8. The van der Waals surface area contributed by atoms with Gasteiger partial charge in [0.25, 0.3) is 0 Å². The SMILES string of the molecule is CCOc1ccc2oc(C)c(C(=O)Oc3ccc4c(c3)OC(=CC=Cc3ccccc3OC)C4=O)c2c1. The Balaban J connectivity index is 1.35. The third kappa shape index (κ3) is 4.71. The van der Waals surface area contributed by atoms with Gasteiger partial charge < -0.3 is 23.4 Å². The Bertz CT molecular complexity index is 1570. The first-order valence-corrected chi connectivity index (χ1v) is 11.7. The second-order valence-corrected chi connectivity index (χ2v) is 8.23. The average molecular weight is 497 g/mol. The Morgan fingerprint density at radius 3 is 2.65 bits per heavy atom. The second kappa shape index (κ2) is 10.1. The molecule has 0 saturated carbocycles. The molecule has 0 aliphatic carbocycles. The van der Waals surface area contributed by atoms with Crippen molar-refractivity contribution >= 4 is 28.8 Å². The lowest BCUT2D eigenvalue weighted by atomic mass is 10.1. The van der Waals surface area contributed by atoms with Crippen molar-refractivity contribution in [2.24, 2.45) is 0 Å². The molecule has 5 rings (SSSR count). The molecule has 2 heterocycles. The topological polar surface area (TPSA) is 84.2 Å². The highest BCUT2D eigenvalue weighted by Gasteiger charge is 2.28. The molecule has 1 aliphatic heterocycles. The molecule has 1 aliphatic rings. The number of rotatable bonds is 7. The predicted octanol–water partition coefficient (Wildman–Crippen LogP) is 6.54. The fraction of sp³-hybridized carbons (Fsp3) is 0.133. The van der Waals surface area contributed by atoms with Crippen molar-refractivity contribution in [1.29, 1.82) is 0 Å². The molecule has 0 fully saturated rings. The Kier molecular flexibility index (Phi) is 6.51. The van der Waals surface area contributed by atoms with Crippen molar-refractivity contribution in [1.82, 2.24) is 0 Å². The van der Waals surface area contributed by atoms with Crippen LogP contribution < -0.4 is 18.9 Å². The number of furan rings is 1. The van der Waals surface area contributed by atoms with E-state index >= 15 is 0 Å². The summed E-state index contributed by atoms with van der Waals surface area (Å²) in [6, 6.07) is 17.5. The van der Waals surface area contributed by atoms with Crippen LogP contribution in [0.4, 0.5) is 0 Å². The van der Waals surface area contributed by atoms with Crippen LogP contribution in [-0.2, 0) is 0 Å². The molecule has 0 unspecified atom stereocenters. The van der Waals surface area contributed by atoms with E-state index < -0.39 is 5.97 Å². The minimum absolute atomic E-state index is 0.171. The van der Waals surface area contributed by atoms with E-state index in [0.29, 0.717) is 46.0 Å². The third-order valence-electron chi connectivity index (χ3n) is 5.86. The highest BCUT2D eigenvalue weighted by atomic mass is 16.5. The van der Waals surface area contributed by atoms with E-state index in [0.717, 1.165) is 11.3 Å². The van der Waals surface area contributed by atoms with Gasteiger partial charge >= 0.3 is 5.97 Å². The normalized spacial score (nSPS) is 13.7. The third-order valence-corrected chi connectivity index (χ3v) is 5.86. The lowest BCUT2D eigenvalue weighted by Gasteiger charge is -2.06. The number of ether oxygens (including phenoxy) is 4. The zero-order valence-corrected chi connectivity index (χ0v) is 20.6. The number of methoxy groups -OCH3 is 1. The standard InChI is InChI=1S/C30H24O7/c1-4-34-20-13-15-25-23(16-20)28(18(2)35-25)30(32)36-21-12-14-22-27(17-21)37-26(29(22)31)11-7-9-19-8-5-6-10-24(19)33-3/h5-17H,4H2,1-3H3. The molecule has 0 N–H and O–H groups in total. The van der Waals surface area contributed by atoms with Gasteiger partial charge in [-0.1, -0.05) is 30.4 Å². The van der Waals surface area contributed by atoms with Crippen LogP contribution >= 0.6 is 0 Å². The number of hydrogen-bond donors (Lipinski definition) is 0. The van der Waals surface area contributed by atoms with E-state index in [2.05, 4.69) is 0 Å². The van der Waals surface area contributed by atoms with Crippen LogP contribution in [0.5, 0.6) is 23.0 Å². The highest BCUT2D eigenvalue weighted by molar-refractivity contribution is 6.12. The zero-order valence-electron chi connectivity index (χ0n) is 20.6. The van der Waals surface area contributed by atoms with E-state index in [1.807, 2.05) is 37.3 Å². The Hall–Kier alpha value is -4.78. The number of hydrogen-bond acceptors (Lipinski definition) is 7. The number of para-hydroxylation sites is 1. The number of esters is 1. The Morgan fingerprint density at radius 2 is 1.84 bits per heavy atom. The number of fused-ring (bicyclic) bond motifs is 2. The number of ketones is 1. The summed E-state index contributed by atoms with van der Waals surface area (Å²) >= 11 is 0. The van der Waals surface area contributed by atoms with E-state index in [1.165, 1.54) is 6.07 Å². The molecule has 0 bridgehead atoms. The molecule has 4 aromatic rings. The quantitative estimate of drug-likeness (QED) is 0.163. The van der Waals surface area contributed by atoms with Gasteiger partial charge in [0.15, 0.2) is 5.76 Å². The monoisotopic (exact) mass is 496 g/mol.